The maximum absolute atomic E-state index is 5.40. The van der Waals surface area contributed by atoms with Gasteiger partial charge in [-0.25, -0.2) is 15.8 Å². The van der Waals surface area contributed by atoms with Gasteiger partial charge in [-0.1, -0.05) is 6.92 Å². The van der Waals surface area contributed by atoms with Crippen LogP contribution in [0.25, 0.3) is 0 Å². The molecule has 0 amide bonds. The standard InChI is InChI=1S/C10H18N4O/c1-5-8-6(2)9(14-11)13-10(12-8)7(3)15-4/h7H,5,11H2,1-4H3,(H,12,13,14). The first-order valence-electron chi connectivity index (χ1n) is 5.00. The van der Waals surface area contributed by atoms with E-state index in [4.69, 9.17) is 10.6 Å². The summed E-state index contributed by atoms with van der Waals surface area (Å²) in [6.45, 7) is 5.91. The van der Waals surface area contributed by atoms with Crippen molar-refractivity contribution in [3.63, 3.8) is 0 Å². The van der Waals surface area contributed by atoms with Crippen LogP contribution in [-0.4, -0.2) is 17.1 Å². The van der Waals surface area contributed by atoms with Crippen molar-refractivity contribution < 1.29 is 4.74 Å². The predicted octanol–water partition coefficient (Wildman–Crippen LogP) is 1.34. The summed E-state index contributed by atoms with van der Waals surface area (Å²) in [6.07, 6.45) is 0.731. The normalized spacial score (nSPS) is 12.6. The number of hydrogen-bond donors (Lipinski definition) is 2. The van der Waals surface area contributed by atoms with Crippen molar-refractivity contribution >= 4 is 5.82 Å². The summed E-state index contributed by atoms with van der Waals surface area (Å²) < 4.78 is 5.18. The summed E-state index contributed by atoms with van der Waals surface area (Å²) in [7, 11) is 1.63. The van der Waals surface area contributed by atoms with Gasteiger partial charge < -0.3 is 10.2 Å². The zero-order chi connectivity index (χ0) is 11.4. The Hall–Kier alpha value is -1.20. The fourth-order valence-electron chi connectivity index (χ4n) is 1.35. The molecule has 1 aromatic rings. The molecule has 0 saturated carbocycles. The lowest BCUT2D eigenvalue weighted by Gasteiger charge is -2.14. The third kappa shape index (κ3) is 2.43. The maximum Gasteiger partial charge on any atom is 0.159 e. The number of rotatable bonds is 4. The first-order valence-corrected chi connectivity index (χ1v) is 5.00. The van der Waals surface area contributed by atoms with Gasteiger partial charge in [-0.2, -0.15) is 0 Å². The van der Waals surface area contributed by atoms with E-state index in [0.29, 0.717) is 11.6 Å². The predicted molar refractivity (Wildman–Crippen MR) is 59.4 cm³/mol. The molecule has 0 aliphatic carbocycles. The van der Waals surface area contributed by atoms with Gasteiger partial charge in [0.15, 0.2) is 5.82 Å². The highest BCUT2D eigenvalue weighted by molar-refractivity contribution is 5.44. The molecule has 0 aliphatic rings. The van der Waals surface area contributed by atoms with Crippen LogP contribution in [0.5, 0.6) is 0 Å². The van der Waals surface area contributed by atoms with Gasteiger partial charge in [0.25, 0.3) is 0 Å². The molecular formula is C10H18N4O. The van der Waals surface area contributed by atoms with E-state index in [-0.39, 0.29) is 6.10 Å². The number of nitrogens with two attached hydrogens (primary N) is 1. The van der Waals surface area contributed by atoms with Gasteiger partial charge in [-0.3, -0.25) is 0 Å². The molecular weight excluding hydrogens is 192 g/mol. The molecule has 1 aromatic heterocycles. The van der Waals surface area contributed by atoms with E-state index < -0.39 is 0 Å². The van der Waals surface area contributed by atoms with Crippen LogP contribution in [0, 0.1) is 6.92 Å². The average molecular weight is 210 g/mol. The van der Waals surface area contributed by atoms with Crippen LogP contribution in [0.2, 0.25) is 0 Å². The quantitative estimate of drug-likeness (QED) is 0.579. The van der Waals surface area contributed by atoms with E-state index in [9.17, 15) is 0 Å². The molecule has 0 fully saturated rings. The molecule has 1 unspecified atom stereocenters. The Balaban J connectivity index is 3.20. The highest BCUT2D eigenvalue weighted by atomic mass is 16.5. The van der Waals surface area contributed by atoms with Crippen LogP contribution < -0.4 is 11.3 Å². The fourth-order valence-corrected chi connectivity index (χ4v) is 1.35. The summed E-state index contributed by atoms with van der Waals surface area (Å²) in [6, 6.07) is 0. The summed E-state index contributed by atoms with van der Waals surface area (Å²) in [5, 5.41) is 0. The first kappa shape index (κ1) is 11.9. The second-order valence-electron chi connectivity index (χ2n) is 3.38. The third-order valence-electron chi connectivity index (χ3n) is 2.45. The number of aryl methyl sites for hydroxylation is 1. The van der Waals surface area contributed by atoms with Crippen LogP contribution in [0.3, 0.4) is 0 Å². The Morgan fingerprint density at radius 3 is 2.60 bits per heavy atom. The Labute approximate surface area is 90.0 Å². The molecule has 0 spiro atoms. The van der Waals surface area contributed by atoms with Gasteiger partial charge in [0.2, 0.25) is 0 Å². The zero-order valence-corrected chi connectivity index (χ0v) is 9.66. The lowest BCUT2D eigenvalue weighted by molar-refractivity contribution is 0.112. The summed E-state index contributed by atoms with van der Waals surface area (Å²) in [5.41, 5.74) is 4.57. The molecule has 1 heterocycles. The number of hydrazine groups is 1. The molecule has 0 aromatic carbocycles. The van der Waals surface area contributed by atoms with Gasteiger partial charge in [0.05, 0.1) is 0 Å². The number of aromatic nitrogens is 2. The van der Waals surface area contributed by atoms with Crippen LogP contribution in [0.15, 0.2) is 0 Å². The molecule has 5 nitrogen and oxygen atoms in total. The van der Waals surface area contributed by atoms with Crippen molar-refractivity contribution in [2.75, 3.05) is 12.5 Å². The second kappa shape index (κ2) is 5.04. The third-order valence-corrected chi connectivity index (χ3v) is 2.45. The Morgan fingerprint density at radius 2 is 2.13 bits per heavy atom. The van der Waals surface area contributed by atoms with E-state index in [0.717, 1.165) is 17.7 Å². The molecule has 0 saturated heterocycles. The number of nitrogens with one attached hydrogen (secondary N) is 1. The topological polar surface area (TPSA) is 73.1 Å². The lowest BCUT2D eigenvalue weighted by atomic mass is 10.2. The fraction of sp³-hybridized carbons (Fsp3) is 0.600. The van der Waals surface area contributed by atoms with Crippen LogP contribution in [0.1, 0.15) is 37.0 Å². The highest BCUT2D eigenvalue weighted by Crippen LogP contribution is 2.19. The molecule has 1 rings (SSSR count). The van der Waals surface area contributed by atoms with Crippen molar-refractivity contribution in [1.82, 2.24) is 9.97 Å². The second-order valence-corrected chi connectivity index (χ2v) is 3.38. The smallest absolute Gasteiger partial charge is 0.159 e. The highest BCUT2D eigenvalue weighted by Gasteiger charge is 2.13. The molecule has 3 N–H and O–H groups in total. The number of methoxy groups -OCH3 is 1. The van der Waals surface area contributed by atoms with Gasteiger partial charge >= 0.3 is 0 Å². The van der Waals surface area contributed by atoms with Crippen LogP contribution >= 0.6 is 0 Å². The molecule has 0 aliphatic heterocycles. The van der Waals surface area contributed by atoms with Crippen molar-refractivity contribution in [2.45, 2.75) is 33.3 Å². The monoisotopic (exact) mass is 210 g/mol. The molecule has 15 heavy (non-hydrogen) atoms. The van der Waals surface area contributed by atoms with Gasteiger partial charge in [-0.05, 0) is 20.3 Å². The van der Waals surface area contributed by atoms with E-state index in [1.165, 1.54) is 0 Å². The molecule has 1 atom stereocenters. The van der Waals surface area contributed by atoms with Crippen molar-refractivity contribution in [2.24, 2.45) is 5.84 Å². The molecule has 84 valence electrons. The number of ether oxygens (including phenoxy) is 1. The minimum absolute atomic E-state index is 0.122. The largest absolute Gasteiger partial charge is 0.374 e. The lowest BCUT2D eigenvalue weighted by Crippen LogP contribution is -2.15. The van der Waals surface area contributed by atoms with Gasteiger partial charge in [0, 0.05) is 18.4 Å². The van der Waals surface area contributed by atoms with E-state index >= 15 is 0 Å². The zero-order valence-electron chi connectivity index (χ0n) is 9.66. The summed E-state index contributed by atoms with van der Waals surface area (Å²) in [4.78, 5) is 8.74. The number of anilines is 1. The van der Waals surface area contributed by atoms with E-state index in [2.05, 4.69) is 22.3 Å². The number of nitrogens with zero attached hydrogens (tertiary/aromatic N) is 2. The maximum atomic E-state index is 5.40. The van der Waals surface area contributed by atoms with E-state index in [1.54, 1.807) is 7.11 Å². The van der Waals surface area contributed by atoms with E-state index in [1.807, 2.05) is 13.8 Å². The van der Waals surface area contributed by atoms with Gasteiger partial charge in [0.1, 0.15) is 11.9 Å². The van der Waals surface area contributed by atoms with Crippen molar-refractivity contribution in [1.29, 1.82) is 0 Å². The average Bonchev–Trinajstić information content (AvgIpc) is 2.28. The minimum atomic E-state index is -0.122. The Kier molecular flexibility index (Phi) is 3.99. The van der Waals surface area contributed by atoms with Gasteiger partial charge in [-0.15, -0.1) is 0 Å². The first-order chi connectivity index (χ1) is 7.13. The minimum Gasteiger partial charge on any atom is -0.374 e. The SMILES string of the molecule is CCc1nc(C(C)OC)nc(NN)c1C. The molecule has 5 heteroatoms. The summed E-state index contributed by atoms with van der Waals surface area (Å²) in [5.74, 6) is 6.73. The Morgan fingerprint density at radius 1 is 1.47 bits per heavy atom. The molecule has 0 bridgehead atoms. The van der Waals surface area contributed by atoms with Crippen LogP contribution in [0.4, 0.5) is 5.82 Å². The number of hydrogen-bond acceptors (Lipinski definition) is 5. The molecule has 0 radical (unpaired) electrons. The van der Waals surface area contributed by atoms with Crippen LogP contribution in [-0.2, 0) is 11.2 Å². The number of nitrogen functional groups attached to an aromatic ring is 1. The van der Waals surface area contributed by atoms with Crippen molar-refractivity contribution in [3.8, 4) is 0 Å². The Bertz CT molecular complexity index is 315. The summed E-state index contributed by atoms with van der Waals surface area (Å²) >= 11 is 0. The van der Waals surface area contributed by atoms with Crippen molar-refractivity contribution in [3.05, 3.63) is 17.1 Å².